The van der Waals surface area contributed by atoms with Gasteiger partial charge in [-0.2, -0.15) is 0 Å². The first-order chi connectivity index (χ1) is 12.3. The molecule has 2 aliphatic heterocycles. The van der Waals surface area contributed by atoms with Crippen molar-refractivity contribution in [1.82, 2.24) is 14.3 Å². The molecule has 0 amide bonds. The summed E-state index contributed by atoms with van der Waals surface area (Å²) < 4.78 is 7.86. The van der Waals surface area contributed by atoms with Gasteiger partial charge in [-0.05, 0) is 43.2 Å². The number of nitrogens with one attached hydrogen (secondary N) is 1. The van der Waals surface area contributed by atoms with Crippen molar-refractivity contribution in [2.75, 3.05) is 37.9 Å². The molecule has 2 aliphatic rings. The van der Waals surface area contributed by atoms with Crippen molar-refractivity contribution >= 4 is 34.1 Å². The molecular weight excluding hydrogens is 332 g/mol. The summed E-state index contributed by atoms with van der Waals surface area (Å²) in [6.45, 7) is 3.71. The van der Waals surface area contributed by atoms with Crippen molar-refractivity contribution in [1.29, 1.82) is 0 Å². The minimum atomic E-state index is 0.496. The minimum absolute atomic E-state index is 0.496. The predicted octanol–water partition coefficient (Wildman–Crippen LogP) is 3.59. The molecule has 2 aromatic rings. The highest BCUT2D eigenvalue weighted by Crippen LogP contribution is 2.28. The lowest BCUT2D eigenvalue weighted by Crippen LogP contribution is -2.35. The zero-order valence-electron chi connectivity index (χ0n) is 14.6. The SMILES string of the molecule is CSN1CCC(Nc2cc3c(C4=CCOCC4)nccc3cn2)CC1. The summed E-state index contributed by atoms with van der Waals surface area (Å²) in [5.74, 6) is 0.956. The molecule has 0 saturated carbocycles. The molecule has 0 atom stereocenters. The van der Waals surface area contributed by atoms with Crippen molar-refractivity contribution < 1.29 is 4.74 Å². The molecule has 5 nitrogen and oxygen atoms in total. The topological polar surface area (TPSA) is 50.3 Å². The van der Waals surface area contributed by atoms with Crippen molar-refractivity contribution in [2.24, 2.45) is 0 Å². The molecule has 0 unspecified atom stereocenters. The van der Waals surface area contributed by atoms with Gasteiger partial charge in [0.15, 0.2) is 0 Å². The van der Waals surface area contributed by atoms with Crippen LogP contribution in [0.5, 0.6) is 0 Å². The van der Waals surface area contributed by atoms with Gasteiger partial charge in [0, 0.05) is 42.3 Å². The summed E-state index contributed by atoms with van der Waals surface area (Å²) in [6, 6.07) is 4.69. The van der Waals surface area contributed by atoms with Crippen LogP contribution in [0, 0.1) is 0 Å². The van der Waals surface area contributed by atoms with E-state index in [9.17, 15) is 0 Å². The summed E-state index contributed by atoms with van der Waals surface area (Å²) in [6.07, 6.45) is 11.4. The molecule has 1 fully saturated rings. The van der Waals surface area contributed by atoms with Crippen LogP contribution in [0.25, 0.3) is 16.3 Å². The molecule has 25 heavy (non-hydrogen) atoms. The van der Waals surface area contributed by atoms with Gasteiger partial charge in [-0.15, -0.1) is 0 Å². The van der Waals surface area contributed by atoms with Crippen LogP contribution in [0.15, 0.2) is 30.6 Å². The minimum Gasteiger partial charge on any atom is -0.377 e. The van der Waals surface area contributed by atoms with Crippen LogP contribution in [0.4, 0.5) is 5.82 Å². The van der Waals surface area contributed by atoms with Gasteiger partial charge in [0.1, 0.15) is 5.82 Å². The van der Waals surface area contributed by atoms with Gasteiger partial charge in [-0.1, -0.05) is 18.0 Å². The van der Waals surface area contributed by atoms with Gasteiger partial charge in [0.25, 0.3) is 0 Å². The van der Waals surface area contributed by atoms with E-state index < -0.39 is 0 Å². The fourth-order valence-corrected chi connectivity index (χ4v) is 4.11. The molecule has 1 saturated heterocycles. The van der Waals surface area contributed by atoms with Gasteiger partial charge < -0.3 is 10.1 Å². The van der Waals surface area contributed by atoms with Gasteiger partial charge in [0.2, 0.25) is 0 Å². The van der Waals surface area contributed by atoms with E-state index in [1.807, 2.05) is 30.4 Å². The average Bonchev–Trinajstić information content (AvgIpc) is 2.69. The zero-order chi connectivity index (χ0) is 17.1. The van der Waals surface area contributed by atoms with Crippen molar-refractivity contribution in [3.63, 3.8) is 0 Å². The third-order valence-electron chi connectivity index (χ3n) is 4.98. The Hall–Kier alpha value is -1.63. The van der Waals surface area contributed by atoms with Crippen LogP contribution in [0.2, 0.25) is 0 Å². The first-order valence-corrected chi connectivity index (χ1v) is 10.1. The Bertz CT molecular complexity index is 771. The smallest absolute Gasteiger partial charge is 0.126 e. The maximum absolute atomic E-state index is 5.44. The second-order valence-corrected chi connectivity index (χ2v) is 7.42. The van der Waals surface area contributed by atoms with Crippen molar-refractivity contribution in [3.8, 4) is 0 Å². The van der Waals surface area contributed by atoms with Gasteiger partial charge in [-0.25, -0.2) is 4.98 Å². The summed E-state index contributed by atoms with van der Waals surface area (Å²) in [5, 5.41) is 5.94. The molecule has 0 aliphatic carbocycles. The molecule has 2 aromatic heterocycles. The fourth-order valence-electron chi connectivity index (χ4n) is 3.53. The molecule has 0 radical (unpaired) electrons. The molecule has 6 heteroatoms. The van der Waals surface area contributed by atoms with Gasteiger partial charge >= 0.3 is 0 Å². The lowest BCUT2D eigenvalue weighted by Gasteiger charge is -2.30. The highest BCUT2D eigenvalue weighted by atomic mass is 32.2. The van der Waals surface area contributed by atoms with E-state index in [1.54, 1.807) is 0 Å². The van der Waals surface area contributed by atoms with Crippen LogP contribution in [-0.4, -0.2) is 52.9 Å². The summed E-state index contributed by atoms with van der Waals surface area (Å²) >= 11 is 1.84. The molecular formula is C19H24N4OS. The number of hydrogen-bond donors (Lipinski definition) is 1. The van der Waals surface area contributed by atoms with Crippen LogP contribution < -0.4 is 5.32 Å². The first kappa shape index (κ1) is 16.8. The zero-order valence-corrected chi connectivity index (χ0v) is 15.4. The molecule has 0 bridgehead atoms. The molecule has 4 heterocycles. The van der Waals surface area contributed by atoms with Gasteiger partial charge in [-0.3, -0.25) is 9.29 Å². The average molecular weight is 356 g/mol. The van der Waals surface area contributed by atoms with E-state index in [0.29, 0.717) is 12.6 Å². The summed E-state index contributed by atoms with van der Waals surface area (Å²) in [5.41, 5.74) is 2.35. The molecule has 1 N–H and O–H groups in total. The van der Waals surface area contributed by atoms with Crippen LogP contribution >= 0.6 is 11.9 Å². The van der Waals surface area contributed by atoms with Crippen LogP contribution in [0.3, 0.4) is 0 Å². The number of rotatable bonds is 4. The largest absolute Gasteiger partial charge is 0.377 e. The van der Waals surface area contributed by atoms with E-state index in [-0.39, 0.29) is 0 Å². The first-order valence-electron chi connectivity index (χ1n) is 8.91. The Labute approximate surface area is 153 Å². The van der Waals surface area contributed by atoms with Gasteiger partial charge in [0.05, 0.1) is 18.9 Å². The Balaban J connectivity index is 1.58. The Morgan fingerprint density at radius 2 is 2.16 bits per heavy atom. The highest BCUT2D eigenvalue weighted by molar-refractivity contribution is 7.96. The van der Waals surface area contributed by atoms with Crippen LogP contribution in [-0.2, 0) is 4.74 Å². The standard InChI is InChI=1S/C19H24N4OS/c1-25-23-8-3-16(4-9-23)22-18-12-17-15(13-21-18)2-7-20-19(17)14-5-10-24-11-6-14/h2,5,7,12-13,16H,3-4,6,8-11H2,1H3,(H,21,22). The molecule has 132 valence electrons. The third kappa shape index (κ3) is 3.81. The van der Waals surface area contributed by atoms with Crippen LogP contribution in [0.1, 0.15) is 25.0 Å². The van der Waals surface area contributed by atoms with Crippen molar-refractivity contribution in [3.05, 3.63) is 36.3 Å². The van der Waals surface area contributed by atoms with Crippen molar-refractivity contribution in [2.45, 2.75) is 25.3 Å². The fraction of sp³-hybridized carbons (Fsp3) is 0.474. The maximum atomic E-state index is 5.44. The van der Waals surface area contributed by atoms with E-state index in [4.69, 9.17) is 4.74 Å². The quantitative estimate of drug-likeness (QED) is 0.845. The Morgan fingerprint density at radius 1 is 1.28 bits per heavy atom. The Morgan fingerprint density at radius 3 is 2.92 bits per heavy atom. The number of anilines is 1. The van der Waals surface area contributed by atoms with E-state index in [2.05, 4.69) is 38.0 Å². The number of nitrogens with zero attached hydrogens (tertiary/aromatic N) is 3. The van der Waals surface area contributed by atoms with E-state index >= 15 is 0 Å². The van der Waals surface area contributed by atoms with E-state index in [0.717, 1.165) is 55.9 Å². The highest BCUT2D eigenvalue weighted by Gasteiger charge is 2.19. The number of ether oxygens (including phenoxy) is 1. The molecule has 4 rings (SSSR count). The maximum Gasteiger partial charge on any atom is 0.126 e. The third-order valence-corrected chi connectivity index (χ3v) is 5.86. The van der Waals surface area contributed by atoms with E-state index in [1.165, 1.54) is 11.0 Å². The second kappa shape index (κ2) is 7.72. The second-order valence-electron chi connectivity index (χ2n) is 6.53. The number of fused-ring (bicyclic) bond motifs is 1. The molecule has 0 aromatic carbocycles. The number of piperidine rings is 1. The molecule has 0 spiro atoms. The lowest BCUT2D eigenvalue weighted by molar-refractivity contribution is 0.161. The number of pyridine rings is 2. The lowest BCUT2D eigenvalue weighted by atomic mass is 10.0. The predicted molar refractivity (Wildman–Crippen MR) is 105 cm³/mol. The number of hydrogen-bond acceptors (Lipinski definition) is 6. The summed E-state index contributed by atoms with van der Waals surface area (Å²) in [7, 11) is 0. The summed E-state index contributed by atoms with van der Waals surface area (Å²) in [4.78, 5) is 9.28. The monoisotopic (exact) mass is 356 g/mol. The normalized spacial score (nSPS) is 19.8. The number of aromatic nitrogens is 2. The Kier molecular flexibility index (Phi) is 5.20.